The van der Waals surface area contributed by atoms with Gasteiger partial charge < -0.3 is 30.3 Å². The summed E-state index contributed by atoms with van der Waals surface area (Å²) in [6.07, 6.45) is 6.73. The molecule has 1 aromatic heterocycles. The van der Waals surface area contributed by atoms with Crippen LogP contribution in [0.25, 0.3) is 5.57 Å². The van der Waals surface area contributed by atoms with Gasteiger partial charge in [-0.05, 0) is 69.3 Å². The lowest BCUT2D eigenvalue weighted by Crippen LogP contribution is -2.29. The Kier molecular flexibility index (Phi) is 10.9. The molecule has 0 saturated carbocycles. The van der Waals surface area contributed by atoms with Gasteiger partial charge in [-0.15, -0.1) is 0 Å². The van der Waals surface area contributed by atoms with Gasteiger partial charge in [-0.3, -0.25) is 0 Å². The van der Waals surface area contributed by atoms with Crippen molar-refractivity contribution in [2.24, 2.45) is 0 Å². The topological polar surface area (TPSA) is 106 Å². The number of methoxy groups -OCH3 is 2. The zero-order valence-electron chi connectivity index (χ0n) is 24.7. The fourth-order valence-corrected chi connectivity index (χ4v) is 4.44. The van der Waals surface area contributed by atoms with Crippen molar-refractivity contribution < 1.29 is 14.3 Å². The third-order valence-corrected chi connectivity index (χ3v) is 6.73. The molecule has 214 valence electrons. The first-order valence-electron chi connectivity index (χ1n) is 13.5. The number of ether oxygens (including phenoxy) is 2. The molecule has 3 aromatic rings. The van der Waals surface area contributed by atoms with E-state index in [-0.39, 0.29) is 5.97 Å². The molecule has 2 aromatic carbocycles. The predicted octanol–water partition coefficient (Wildman–Crippen LogP) is 5.39. The number of aromatic nitrogens is 2. The van der Waals surface area contributed by atoms with E-state index in [2.05, 4.69) is 27.0 Å². The molecule has 3 N–H and O–H groups in total. The second-order valence-corrected chi connectivity index (χ2v) is 9.90. The number of hydrogen-bond donors (Lipinski definition) is 2. The highest BCUT2D eigenvalue weighted by molar-refractivity contribution is 5.92. The highest BCUT2D eigenvalue weighted by Gasteiger charge is 2.17. The van der Waals surface area contributed by atoms with E-state index >= 15 is 0 Å². The van der Waals surface area contributed by atoms with Crippen LogP contribution in [0.3, 0.4) is 0 Å². The summed E-state index contributed by atoms with van der Waals surface area (Å²) in [6.45, 7) is 5.85. The molecule has 0 amide bonds. The first kappa shape index (κ1) is 30.4. The van der Waals surface area contributed by atoms with Crippen LogP contribution in [0.2, 0.25) is 0 Å². The van der Waals surface area contributed by atoms with E-state index < -0.39 is 0 Å². The molecule has 0 bridgehead atoms. The molecule has 0 aliphatic carbocycles. The van der Waals surface area contributed by atoms with Crippen molar-refractivity contribution in [3.05, 3.63) is 71.1 Å². The normalized spacial score (nSPS) is 11.4. The quantitative estimate of drug-likeness (QED) is 0.216. The Hall–Kier alpha value is -4.11. The summed E-state index contributed by atoms with van der Waals surface area (Å²) in [5, 5.41) is 3.28. The highest BCUT2D eigenvalue weighted by atomic mass is 16.5. The van der Waals surface area contributed by atoms with Crippen LogP contribution in [-0.4, -0.2) is 69.3 Å². The molecule has 0 fully saturated rings. The van der Waals surface area contributed by atoms with Gasteiger partial charge >= 0.3 is 5.97 Å². The zero-order valence-corrected chi connectivity index (χ0v) is 24.7. The third-order valence-electron chi connectivity index (χ3n) is 6.73. The van der Waals surface area contributed by atoms with Crippen molar-refractivity contribution in [1.29, 1.82) is 0 Å². The summed E-state index contributed by atoms with van der Waals surface area (Å²) in [5.74, 6) is 0.667. The molecular formula is C31H42N6O3. The minimum Gasteiger partial charge on any atom is -0.494 e. The number of nitrogens with two attached hydrogens (primary N) is 1. The average Bonchev–Trinajstić information content (AvgIpc) is 2.95. The summed E-state index contributed by atoms with van der Waals surface area (Å²) < 4.78 is 10.7. The molecule has 0 aliphatic heterocycles. The van der Waals surface area contributed by atoms with Crippen LogP contribution < -0.4 is 20.7 Å². The van der Waals surface area contributed by atoms with Gasteiger partial charge in [0.15, 0.2) is 0 Å². The van der Waals surface area contributed by atoms with Gasteiger partial charge in [0.25, 0.3) is 0 Å². The van der Waals surface area contributed by atoms with Crippen LogP contribution in [0.1, 0.15) is 53.9 Å². The molecule has 0 unspecified atom stereocenters. The van der Waals surface area contributed by atoms with E-state index in [1.807, 2.05) is 70.5 Å². The van der Waals surface area contributed by atoms with Crippen LogP contribution in [0.15, 0.2) is 48.7 Å². The maximum Gasteiger partial charge on any atom is 0.337 e. The van der Waals surface area contributed by atoms with E-state index in [4.69, 9.17) is 20.2 Å². The molecular weight excluding hydrogens is 504 g/mol. The minimum atomic E-state index is -0.371. The third kappa shape index (κ3) is 7.51. The molecule has 9 nitrogen and oxygen atoms in total. The minimum absolute atomic E-state index is 0.371. The lowest BCUT2D eigenvalue weighted by atomic mass is 9.92. The Morgan fingerprint density at radius 3 is 2.52 bits per heavy atom. The van der Waals surface area contributed by atoms with Crippen LogP contribution in [-0.2, 0) is 11.2 Å². The molecule has 40 heavy (non-hydrogen) atoms. The van der Waals surface area contributed by atoms with Gasteiger partial charge in [-0.1, -0.05) is 25.5 Å². The van der Waals surface area contributed by atoms with Crippen LogP contribution in [0.4, 0.5) is 23.0 Å². The number of benzene rings is 2. The largest absolute Gasteiger partial charge is 0.494 e. The van der Waals surface area contributed by atoms with Crippen LogP contribution in [0, 0.1) is 0 Å². The van der Waals surface area contributed by atoms with Gasteiger partial charge in [0.2, 0.25) is 5.95 Å². The van der Waals surface area contributed by atoms with Crippen LogP contribution >= 0.6 is 0 Å². The predicted molar refractivity (Wildman–Crippen MR) is 164 cm³/mol. The number of esters is 1. The Labute approximate surface area is 238 Å². The Bertz CT molecular complexity index is 1340. The van der Waals surface area contributed by atoms with Gasteiger partial charge in [-0.2, -0.15) is 0 Å². The number of carbonyl (C=O) groups excluding carboxylic acids is 1. The number of nitrogen functional groups attached to an aromatic ring is 1. The van der Waals surface area contributed by atoms with Crippen molar-refractivity contribution in [2.75, 3.05) is 64.4 Å². The molecule has 0 atom stereocenters. The van der Waals surface area contributed by atoms with Gasteiger partial charge in [-0.25, -0.2) is 14.8 Å². The van der Waals surface area contributed by atoms with E-state index in [1.165, 1.54) is 7.11 Å². The number of nitrogens with zero attached hydrogens (tertiary/aromatic N) is 4. The first-order valence-corrected chi connectivity index (χ1v) is 13.5. The van der Waals surface area contributed by atoms with Crippen molar-refractivity contribution >= 4 is 34.6 Å². The SMILES string of the molecule is C/C=C(/c1ccnc(Nc2cc(N)c(N(C)CCN(C)C)cc2OC)n1)c1cc(C(=O)OC)ccc1CCCC. The average molecular weight is 547 g/mol. The fourth-order valence-electron chi connectivity index (χ4n) is 4.44. The summed E-state index contributed by atoms with van der Waals surface area (Å²) >= 11 is 0. The summed E-state index contributed by atoms with van der Waals surface area (Å²) in [6, 6.07) is 11.3. The smallest absolute Gasteiger partial charge is 0.337 e. The standard InChI is InChI=1S/C31H42N6O3/c1-8-10-11-21-12-13-22(30(38)40-7)18-24(21)23(9-2)26-14-15-33-31(34-26)35-27-19-25(32)28(20-29(27)39-6)37(5)17-16-36(3)4/h9,12-15,18-20H,8,10-11,16-17,32H2,1-7H3,(H,33,34,35)/b23-9+. The maximum atomic E-state index is 12.3. The number of carbonyl (C=O) groups is 1. The van der Waals surface area contributed by atoms with E-state index in [0.29, 0.717) is 28.6 Å². The van der Waals surface area contributed by atoms with Crippen molar-refractivity contribution in [2.45, 2.75) is 33.1 Å². The van der Waals surface area contributed by atoms with E-state index in [0.717, 1.165) is 60.4 Å². The zero-order chi connectivity index (χ0) is 29.2. The number of unbranched alkanes of at least 4 members (excludes halogenated alkanes) is 1. The number of nitrogens with one attached hydrogen (secondary N) is 1. The number of anilines is 4. The molecule has 3 rings (SSSR count). The number of rotatable bonds is 13. The Morgan fingerprint density at radius 2 is 1.88 bits per heavy atom. The Morgan fingerprint density at radius 1 is 1.10 bits per heavy atom. The summed E-state index contributed by atoms with van der Waals surface area (Å²) in [5.41, 5.74) is 12.9. The van der Waals surface area contributed by atoms with E-state index in [1.54, 1.807) is 13.3 Å². The van der Waals surface area contributed by atoms with Crippen molar-refractivity contribution in [3.8, 4) is 5.75 Å². The number of hydrogen-bond acceptors (Lipinski definition) is 9. The van der Waals surface area contributed by atoms with Gasteiger partial charge in [0.05, 0.1) is 42.5 Å². The number of aryl methyl sites for hydroxylation is 1. The number of likely N-dealkylation sites (N-methyl/N-ethyl adjacent to an activating group) is 2. The summed E-state index contributed by atoms with van der Waals surface area (Å²) in [7, 11) is 9.11. The molecule has 0 radical (unpaired) electrons. The monoisotopic (exact) mass is 546 g/mol. The fraction of sp³-hybridized carbons (Fsp3) is 0.387. The summed E-state index contributed by atoms with van der Waals surface area (Å²) in [4.78, 5) is 25.8. The highest BCUT2D eigenvalue weighted by Crippen LogP contribution is 2.36. The second-order valence-electron chi connectivity index (χ2n) is 9.90. The second kappa shape index (κ2) is 14.3. The molecule has 0 spiro atoms. The van der Waals surface area contributed by atoms with Gasteiger partial charge in [0, 0.05) is 38.0 Å². The molecule has 0 aliphatic rings. The molecule has 9 heteroatoms. The lowest BCUT2D eigenvalue weighted by molar-refractivity contribution is 0.0600. The first-order chi connectivity index (χ1) is 19.2. The molecule has 1 heterocycles. The number of allylic oxidation sites excluding steroid dienone is 1. The van der Waals surface area contributed by atoms with Crippen LogP contribution in [0.5, 0.6) is 5.75 Å². The molecule has 0 saturated heterocycles. The van der Waals surface area contributed by atoms with Crippen molar-refractivity contribution in [3.63, 3.8) is 0 Å². The van der Waals surface area contributed by atoms with E-state index in [9.17, 15) is 4.79 Å². The van der Waals surface area contributed by atoms with Gasteiger partial charge in [0.1, 0.15) is 5.75 Å². The maximum absolute atomic E-state index is 12.3. The lowest BCUT2D eigenvalue weighted by Gasteiger charge is -2.24. The van der Waals surface area contributed by atoms with Crippen molar-refractivity contribution in [1.82, 2.24) is 14.9 Å². The Balaban J connectivity index is 1.96.